The first kappa shape index (κ1) is 17.1. The van der Waals surface area contributed by atoms with Crippen molar-refractivity contribution in [3.63, 3.8) is 0 Å². The van der Waals surface area contributed by atoms with Gasteiger partial charge in [0.25, 0.3) is 0 Å². The molecule has 1 aromatic rings. The second-order valence-corrected chi connectivity index (χ2v) is 5.63. The zero-order chi connectivity index (χ0) is 15.3. The number of ether oxygens (including phenoxy) is 2. The molecule has 0 spiro atoms. The van der Waals surface area contributed by atoms with Gasteiger partial charge in [0.2, 0.25) is 0 Å². The number of aliphatic hydroxyl groups excluding tert-OH is 1. The maximum Gasteiger partial charge on any atom is 0.166 e. The third-order valence-corrected chi connectivity index (χ3v) is 3.22. The highest BCUT2D eigenvalue weighted by molar-refractivity contribution is 6.30. The molecule has 0 aromatic heterocycles. The molecule has 0 heterocycles. The molecule has 20 heavy (non-hydrogen) atoms. The Hall–Kier alpha value is -0.970. The fourth-order valence-corrected chi connectivity index (χ4v) is 1.87. The first-order chi connectivity index (χ1) is 9.35. The monoisotopic (exact) mass is 301 g/mol. The Bertz CT molecular complexity index is 435. The fraction of sp³-hybridized carbons (Fsp3) is 0.600. The van der Waals surface area contributed by atoms with E-state index < -0.39 is 6.10 Å². The molecular formula is C15H24ClNO3. The average Bonchev–Trinajstić information content (AvgIpc) is 2.37. The summed E-state index contributed by atoms with van der Waals surface area (Å²) in [4.78, 5) is 0. The van der Waals surface area contributed by atoms with Crippen LogP contribution in [0, 0.1) is 0 Å². The summed E-state index contributed by atoms with van der Waals surface area (Å²) in [6.45, 7) is 8.27. The van der Waals surface area contributed by atoms with Gasteiger partial charge < -0.3 is 19.9 Å². The van der Waals surface area contributed by atoms with Crippen molar-refractivity contribution in [2.45, 2.75) is 52.5 Å². The molecule has 0 saturated carbocycles. The number of methoxy groups -OCH3 is 1. The number of hydrogen-bond acceptors (Lipinski definition) is 4. The van der Waals surface area contributed by atoms with Crippen LogP contribution in [-0.4, -0.2) is 30.5 Å². The summed E-state index contributed by atoms with van der Waals surface area (Å²) < 4.78 is 11.2. The minimum Gasteiger partial charge on any atom is -0.493 e. The molecule has 0 saturated heterocycles. The molecule has 1 rings (SSSR count). The number of halogens is 1. The Balaban J connectivity index is 3.08. The van der Waals surface area contributed by atoms with Crippen molar-refractivity contribution in [3.05, 3.63) is 22.7 Å². The average molecular weight is 302 g/mol. The molecule has 0 fully saturated rings. The first-order valence-electron chi connectivity index (χ1n) is 6.79. The van der Waals surface area contributed by atoms with Crippen molar-refractivity contribution in [2.75, 3.05) is 7.11 Å². The molecule has 2 atom stereocenters. The number of rotatable bonds is 7. The van der Waals surface area contributed by atoms with Crippen LogP contribution in [0.15, 0.2) is 12.1 Å². The minimum atomic E-state index is -0.568. The van der Waals surface area contributed by atoms with Gasteiger partial charge in [-0.15, -0.1) is 0 Å². The zero-order valence-electron chi connectivity index (χ0n) is 12.7. The predicted molar refractivity (Wildman–Crippen MR) is 81.8 cm³/mol. The molecular weight excluding hydrogens is 278 g/mol. The maximum absolute atomic E-state index is 9.60. The molecule has 114 valence electrons. The van der Waals surface area contributed by atoms with Crippen LogP contribution in [0.25, 0.3) is 0 Å². The van der Waals surface area contributed by atoms with Crippen molar-refractivity contribution in [3.8, 4) is 11.5 Å². The summed E-state index contributed by atoms with van der Waals surface area (Å²) in [5.41, 5.74) is 0.913. The molecule has 0 aliphatic carbocycles. The molecule has 0 aliphatic rings. The van der Waals surface area contributed by atoms with Crippen LogP contribution >= 0.6 is 11.6 Å². The lowest BCUT2D eigenvalue weighted by Crippen LogP contribution is -2.27. The van der Waals surface area contributed by atoms with E-state index in [1.807, 2.05) is 13.0 Å². The fourth-order valence-electron chi connectivity index (χ4n) is 1.64. The third-order valence-electron chi connectivity index (χ3n) is 3.00. The summed E-state index contributed by atoms with van der Waals surface area (Å²) >= 11 is 6.10. The molecule has 2 N–H and O–H groups in total. The van der Waals surface area contributed by atoms with Gasteiger partial charge in [0, 0.05) is 29.2 Å². The Labute approximate surface area is 126 Å². The van der Waals surface area contributed by atoms with Gasteiger partial charge in [-0.05, 0) is 19.9 Å². The van der Waals surface area contributed by atoms with Crippen LogP contribution in [0.5, 0.6) is 11.5 Å². The van der Waals surface area contributed by atoms with E-state index in [2.05, 4.69) is 19.2 Å². The molecule has 2 unspecified atom stereocenters. The number of nitrogens with one attached hydrogen (secondary N) is 1. The van der Waals surface area contributed by atoms with E-state index in [9.17, 15) is 5.11 Å². The van der Waals surface area contributed by atoms with Crippen LogP contribution < -0.4 is 14.8 Å². The van der Waals surface area contributed by atoms with Gasteiger partial charge in [-0.25, -0.2) is 0 Å². The van der Waals surface area contributed by atoms with Gasteiger partial charge >= 0.3 is 0 Å². The van der Waals surface area contributed by atoms with Gasteiger partial charge in [0.1, 0.15) is 6.10 Å². The quantitative estimate of drug-likeness (QED) is 0.813. The predicted octanol–water partition coefficient (Wildman–Crippen LogP) is 2.99. The Morgan fingerprint density at radius 3 is 2.40 bits per heavy atom. The number of aliphatic hydroxyl groups is 1. The molecule has 0 bridgehead atoms. The van der Waals surface area contributed by atoms with Gasteiger partial charge in [-0.1, -0.05) is 25.4 Å². The summed E-state index contributed by atoms with van der Waals surface area (Å²) in [5, 5.41) is 13.5. The van der Waals surface area contributed by atoms with Crippen molar-refractivity contribution < 1.29 is 14.6 Å². The van der Waals surface area contributed by atoms with E-state index in [1.54, 1.807) is 20.1 Å². The molecule has 1 aromatic carbocycles. The van der Waals surface area contributed by atoms with Gasteiger partial charge in [-0.2, -0.15) is 0 Å². The van der Waals surface area contributed by atoms with E-state index in [1.165, 1.54) is 0 Å². The van der Waals surface area contributed by atoms with E-state index in [4.69, 9.17) is 21.1 Å². The van der Waals surface area contributed by atoms with Crippen LogP contribution in [0.2, 0.25) is 5.02 Å². The molecule has 0 radical (unpaired) electrons. The highest BCUT2D eigenvalue weighted by Crippen LogP contribution is 2.35. The Morgan fingerprint density at radius 1 is 1.25 bits per heavy atom. The molecule has 0 aliphatic heterocycles. The second kappa shape index (κ2) is 7.72. The summed E-state index contributed by atoms with van der Waals surface area (Å²) in [6.07, 6.45) is -0.899. The Morgan fingerprint density at radius 2 is 1.90 bits per heavy atom. The lowest BCUT2D eigenvalue weighted by Gasteiger charge is -2.22. The molecule has 5 heteroatoms. The van der Waals surface area contributed by atoms with E-state index >= 15 is 0 Å². The van der Waals surface area contributed by atoms with Gasteiger partial charge in [-0.3, -0.25) is 0 Å². The highest BCUT2D eigenvalue weighted by Gasteiger charge is 2.18. The van der Waals surface area contributed by atoms with Crippen LogP contribution in [0.4, 0.5) is 0 Å². The topological polar surface area (TPSA) is 50.7 Å². The van der Waals surface area contributed by atoms with Gasteiger partial charge in [0.05, 0.1) is 13.2 Å². The Kier molecular flexibility index (Phi) is 6.59. The second-order valence-electron chi connectivity index (χ2n) is 5.20. The summed E-state index contributed by atoms with van der Waals surface area (Å²) in [6, 6.07) is 3.91. The van der Waals surface area contributed by atoms with Crippen LogP contribution in [0.1, 0.15) is 33.3 Å². The largest absolute Gasteiger partial charge is 0.493 e. The maximum atomic E-state index is 9.60. The zero-order valence-corrected chi connectivity index (χ0v) is 13.5. The molecule has 0 amide bonds. The van der Waals surface area contributed by atoms with Crippen LogP contribution in [-0.2, 0) is 6.54 Å². The van der Waals surface area contributed by atoms with Crippen molar-refractivity contribution in [1.29, 1.82) is 0 Å². The number of hydrogen-bond donors (Lipinski definition) is 2. The van der Waals surface area contributed by atoms with Crippen LogP contribution in [0.3, 0.4) is 0 Å². The van der Waals surface area contributed by atoms with Crippen molar-refractivity contribution in [1.82, 2.24) is 5.32 Å². The van der Waals surface area contributed by atoms with Crippen molar-refractivity contribution >= 4 is 11.6 Å². The highest BCUT2D eigenvalue weighted by atomic mass is 35.5. The van der Waals surface area contributed by atoms with E-state index in [-0.39, 0.29) is 6.10 Å². The SMILES string of the molecule is COc1cc(Cl)cc(CNC(C)C)c1OC(C)C(C)O. The standard InChI is InChI=1S/C15H24ClNO3/c1-9(2)17-8-12-6-13(16)7-14(19-5)15(12)20-11(4)10(3)18/h6-7,9-11,17-18H,8H2,1-5H3. The molecule has 4 nitrogen and oxygen atoms in total. The van der Waals surface area contributed by atoms with Crippen molar-refractivity contribution in [2.24, 2.45) is 0 Å². The lowest BCUT2D eigenvalue weighted by atomic mass is 10.1. The lowest BCUT2D eigenvalue weighted by molar-refractivity contribution is 0.0579. The summed E-state index contributed by atoms with van der Waals surface area (Å²) in [5.74, 6) is 1.20. The smallest absolute Gasteiger partial charge is 0.166 e. The number of benzene rings is 1. The van der Waals surface area contributed by atoms with Gasteiger partial charge in [0.15, 0.2) is 11.5 Å². The van der Waals surface area contributed by atoms with E-state index in [0.29, 0.717) is 29.1 Å². The summed E-state index contributed by atoms with van der Waals surface area (Å²) in [7, 11) is 1.57. The minimum absolute atomic E-state index is 0.331. The first-order valence-corrected chi connectivity index (χ1v) is 7.17. The van der Waals surface area contributed by atoms with E-state index in [0.717, 1.165) is 5.56 Å². The normalized spacial score (nSPS) is 14.2. The third kappa shape index (κ3) is 4.85.